The summed E-state index contributed by atoms with van der Waals surface area (Å²) in [6.07, 6.45) is -0.412. The van der Waals surface area contributed by atoms with E-state index in [-0.39, 0.29) is 21.6 Å². The summed E-state index contributed by atoms with van der Waals surface area (Å²) in [5.74, 6) is -2.24. The van der Waals surface area contributed by atoms with Gasteiger partial charge in [-0.3, -0.25) is 24.7 Å². The number of aliphatic imine (C=N–C) groups is 1. The first kappa shape index (κ1) is 26.4. The van der Waals surface area contributed by atoms with Gasteiger partial charge in [-0.1, -0.05) is 29.3 Å². The van der Waals surface area contributed by atoms with Crippen molar-refractivity contribution in [2.75, 3.05) is 18.9 Å². The van der Waals surface area contributed by atoms with Crippen LogP contribution in [-0.2, 0) is 9.59 Å². The first-order valence-corrected chi connectivity index (χ1v) is 10.5. The number of hydrogen-bond acceptors (Lipinski definition) is 5. The number of amides is 4. The van der Waals surface area contributed by atoms with Gasteiger partial charge >= 0.3 is 12.0 Å². The van der Waals surface area contributed by atoms with Gasteiger partial charge in [-0.05, 0) is 42.0 Å². The Morgan fingerprint density at radius 1 is 1.09 bits per heavy atom. The molecule has 0 bridgehead atoms. The first-order valence-electron chi connectivity index (χ1n) is 9.73. The van der Waals surface area contributed by atoms with E-state index in [0.717, 1.165) is 0 Å². The SMILES string of the molecule is CN=C(NC(N)=O)Nc1cccc(C(=O)NCC(=O)NC(CC(=O)O)c2cc(Cl)cc(Cl)c2)c1. The van der Waals surface area contributed by atoms with Crippen LogP contribution in [0.5, 0.6) is 0 Å². The second kappa shape index (κ2) is 12.4. The van der Waals surface area contributed by atoms with Crippen LogP contribution in [0.1, 0.15) is 28.4 Å². The van der Waals surface area contributed by atoms with Crippen LogP contribution in [0, 0.1) is 0 Å². The number of carbonyl (C=O) groups excluding carboxylic acids is 3. The van der Waals surface area contributed by atoms with Crippen molar-refractivity contribution in [3.8, 4) is 0 Å². The Morgan fingerprint density at radius 3 is 2.35 bits per heavy atom. The summed E-state index contributed by atoms with van der Waals surface area (Å²) >= 11 is 12.0. The lowest BCUT2D eigenvalue weighted by molar-refractivity contribution is -0.137. The number of anilines is 1. The zero-order valence-corrected chi connectivity index (χ0v) is 19.4. The number of carboxylic acid groups (broad SMARTS) is 1. The number of hydrogen-bond donors (Lipinski definition) is 6. The Bertz CT molecular complexity index is 1100. The Labute approximate surface area is 204 Å². The molecular formula is C21H22Cl2N6O5. The van der Waals surface area contributed by atoms with Gasteiger partial charge in [0.15, 0.2) is 0 Å². The topological polar surface area (TPSA) is 175 Å². The minimum Gasteiger partial charge on any atom is -0.481 e. The number of halogens is 2. The summed E-state index contributed by atoms with van der Waals surface area (Å²) in [5.41, 5.74) is 6.13. The summed E-state index contributed by atoms with van der Waals surface area (Å²) in [6, 6.07) is 8.97. The lowest BCUT2D eigenvalue weighted by Crippen LogP contribution is -2.39. The highest BCUT2D eigenvalue weighted by Gasteiger charge is 2.20. The fourth-order valence-electron chi connectivity index (χ4n) is 2.85. The van der Waals surface area contributed by atoms with Crippen LogP contribution in [0.2, 0.25) is 10.0 Å². The predicted octanol–water partition coefficient (Wildman–Crippen LogP) is 2.12. The number of nitrogens with one attached hydrogen (secondary N) is 4. The monoisotopic (exact) mass is 508 g/mol. The molecule has 2 aromatic carbocycles. The molecule has 34 heavy (non-hydrogen) atoms. The maximum atomic E-state index is 12.5. The molecular weight excluding hydrogens is 487 g/mol. The number of carbonyl (C=O) groups is 4. The second-order valence-corrected chi connectivity index (χ2v) is 7.74. The van der Waals surface area contributed by atoms with Gasteiger partial charge in [-0.25, -0.2) is 4.79 Å². The molecule has 0 aliphatic rings. The van der Waals surface area contributed by atoms with Gasteiger partial charge in [0.1, 0.15) is 0 Å². The maximum Gasteiger partial charge on any atom is 0.318 e. The molecule has 4 amide bonds. The van der Waals surface area contributed by atoms with E-state index in [9.17, 15) is 24.3 Å². The van der Waals surface area contributed by atoms with Crippen LogP contribution in [0.15, 0.2) is 47.5 Å². The van der Waals surface area contributed by atoms with E-state index < -0.39 is 42.8 Å². The molecule has 0 heterocycles. The Hall–Kier alpha value is -3.83. The smallest absolute Gasteiger partial charge is 0.318 e. The van der Waals surface area contributed by atoms with E-state index in [2.05, 4.69) is 26.3 Å². The second-order valence-electron chi connectivity index (χ2n) is 6.87. The van der Waals surface area contributed by atoms with E-state index >= 15 is 0 Å². The zero-order chi connectivity index (χ0) is 25.3. The van der Waals surface area contributed by atoms with Crippen LogP contribution in [-0.4, -0.2) is 48.5 Å². The van der Waals surface area contributed by atoms with Crippen molar-refractivity contribution in [2.45, 2.75) is 12.5 Å². The number of primary amides is 1. The maximum absolute atomic E-state index is 12.5. The standard InChI is InChI=1S/C21H22Cl2N6O5/c1-25-21(29-20(24)34)27-15-4-2-3-11(7-15)19(33)26-10-17(30)28-16(9-18(31)32)12-5-13(22)8-14(23)6-12/h2-8,16H,9-10H2,1H3,(H,26,33)(H,28,30)(H,31,32)(H4,24,25,27,29,34). The van der Waals surface area contributed by atoms with E-state index in [1.54, 1.807) is 12.1 Å². The number of rotatable bonds is 8. The summed E-state index contributed by atoms with van der Waals surface area (Å²) < 4.78 is 0. The van der Waals surface area contributed by atoms with Crippen molar-refractivity contribution >= 4 is 58.7 Å². The molecule has 2 rings (SSSR count). The van der Waals surface area contributed by atoms with Gasteiger partial charge in [-0.15, -0.1) is 0 Å². The van der Waals surface area contributed by atoms with Crippen molar-refractivity contribution in [1.29, 1.82) is 0 Å². The highest BCUT2D eigenvalue weighted by atomic mass is 35.5. The molecule has 0 spiro atoms. The average Bonchev–Trinajstić information content (AvgIpc) is 2.75. The molecule has 1 unspecified atom stereocenters. The van der Waals surface area contributed by atoms with Crippen LogP contribution in [0.3, 0.4) is 0 Å². The van der Waals surface area contributed by atoms with Crippen molar-refractivity contribution in [3.05, 3.63) is 63.6 Å². The molecule has 0 radical (unpaired) electrons. The lowest BCUT2D eigenvalue weighted by Gasteiger charge is -2.18. The van der Waals surface area contributed by atoms with Crippen molar-refractivity contribution in [2.24, 2.45) is 10.7 Å². The predicted molar refractivity (Wildman–Crippen MR) is 128 cm³/mol. The van der Waals surface area contributed by atoms with E-state index in [4.69, 9.17) is 28.9 Å². The summed E-state index contributed by atoms with van der Waals surface area (Å²) in [7, 11) is 1.43. The molecule has 0 aromatic heterocycles. The van der Waals surface area contributed by atoms with Crippen molar-refractivity contribution in [1.82, 2.24) is 16.0 Å². The average molecular weight is 509 g/mol. The summed E-state index contributed by atoms with van der Waals surface area (Å²) in [5, 5.41) is 19.9. The molecule has 1 atom stereocenters. The summed E-state index contributed by atoms with van der Waals surface area (Å²) in [6.45, 7) is -0.411. The van der Waals surface area contributed by atoms with Crippen LogP contribution in [0.25, 0.3) is 0 Å². The fraction of sp³-hybridized carbons (Fsp3) is 0.190. The third-order valence-corrected chi connectivity index (χ3v) is 4.70. The molecule has 0 fully saturated rings. The first-order chi connectivity index (χ1) is 16.1. The highest BCUT2D eigenvalue weighted by Crippen LogP contribution is 2.25. The molecule has 2 aromatic rings. The summed E-state index contributed by atoms with van der Waals surface area (Å²) in [4.78, 5) is 50.9. The molecule has 13 heteroatoms. The zero-order valence-electron chi connectivity index (χ0n) is 17.9. The van der Waals surface area contributed by atoms with E-state index in [0.29, 0.717) is 11.3 Å². The van der Waals surface area contributed by atoms with Gasteiger partial charge in [0.25, 0.3) is 5.91 Å². The van der Waals surface area contributed by atoms with E-state index in [1.807, 2.05) is 0 Å². The quantitative estimate of drug-likeness (QED) is 0.235. The third-order valence-electron chi connectivity index (χ3n) is 4.26. The Morgan fingerprint density at radius 2 is 1.76 bits per heavy atom. The molecule has 0 saturated carbocycles. The normalized spacial score (nSPS) is 11.8. The molecule has 180 valence electrons. The van der Waals surface area contributed by atoms with Crippen LogP contribution in [0.4, 0.5) is 10.5 Å². The van der Waals surface area contributed by atoms with Crippen LogP contribution >= 0.6 is 23.2 Å². The van der Waals surface area contributed by atoms with Gasteiger partial charge in [0.2, 0.25) is 11.9 Å². The number of nitrogens with zero attached hydrogens (tertiary/aromatic N) is 1. The number of carboxylic acids is 1. The molecule has 7 N–H and O–H groups in total. The number of urea groups is 1. The van der Waals surface area contributed by atoms with Crippen molar-refractivity contribution in [3.63, 3.8) is 0 Å². The number of guanidine groups is 1. The third kappa shape index (κ3) is 8.60. The van der Waals surface area contributed by atoms with Gasteiger partial charge in [-0.2, -0.15) is 0 Å². The largest absolute Gasteiger partial charge is 0.481 e. The minimum absolute atomic E-state index is 0.0787. The minimum atomic E-state index is -1.14. The van der Waals surface area contributed by atoms with E-state index in [1.165, 1.54) is 37.4 Å². The van der Waals surface area contributed by atoms with Crippen molar-refractivity contribution < 1.29 is 24.3 Å². The number of nitrogens with two attached hydrogens (primary N) is 1. The molecule has 0 saturated heterocycles. The molecule has 11 nitrogen and oxygen atoms in total. The van der Waals surface area contributed by atoms with Gasteiger partial charge < -0.3 is 26.8 Å². The molecule has 0 aliphatic heterocycles. The number of benzene rings is 2. The number of aliphatic carboxylic acids is 1. The van der Waals surface area contributed by atoms with Gasteiger partial charge in [0.05, 0.1) is 19.0 Å². The van der Waals surface area contributed by atoms with Gasteiger partial charge in [0, 0.05) is 28.3 Å². The highest BCUT2D eigenvalue weighted by molar-refractivity contribution is 6.34. The Kier molecular flexibility index (Phi) is 9.65. The Balaban J connectivity index is 2.02. The van der Waals surface area contributed by atoms with Crippen LogP contribution < -0.4 is 27.0 Å². The lowest BCUT2D eigenvalue weighted by atomic mass is 10.0. The fourth-order valence-corrected chi connectivity index (χ4v) is 3.39. The molecule has 0 aliphatic carbocycles.